The van der Waals surface area contributed by atoms with Gasteiger partial charge in [-0.1, -0.05) is 54.6 Å². The van der Waals surface area contributed by atoms with Crippen molar-refractivity contribution < 1.29 is 37.2 Å². The van der Waals surface area contributed by atoms with E-state index in [1.54, 1.807) is 91.0 Å². The molecule has 4 atom stereocenters. The van der Waals surface area contributed by atoms with Crippen molar-refractivity contribution in [1.82, 2.24) is 0 Å². The Morgan fingerprint density at radius 1 is 0.629 bits per heavy atom. The largest absolute Gasteiger partial charge is 0.452 e. The van der Waals surface area contributed by atoms with Crippen LogP contribution in [0.5, 0.6) is 0 Å². The van der Waals surface area contributed by atoms with Crippen molar-refractivity contribution in [2.75, 3.05) is 6.61 Å². The number of rotatable bonds is 7. The fraction of sp³-hybridized carbons (Fsp3) is 0.192. The van der Waals surface area contributed by atoms with Crippen LogP contribution in [-0.2, 0) is 22.8 Å². The Balaban J connectivity index is 1.62. The first kappa shape index (κ1) is 24.6. The van der Waals surface area contributed by atoms with Crippen LogP contribution >= 0.6 is 16.3 Å². The van der Waals surface area contributed by atoms with E-state index in [0.717, 1.165) is 0 Å². The lowest BCUT2D eigenvalue weighted by atomic mass is 10.0. The summed E-state index contributed by atoms with van der Waals surface area (Å²) in [7, 11) is 0. The normalized spacial score (nSPS) is 21.5. The zero-order chi connectivity index (χ0) is 24.6. The first-order valence-corrected chi connectivity index (χ1v) is 11.4. The van der Waals surface area contributed by atoms with Gasteiger partial charge in [0.1, 0.15) is 16.3 Å². The van der Waals surface area contributed by atoms with Gasteiger partial charge in [0.05, 0.1) is 23.3 Å². The van der Waals surface area contributed by atoms with Crippen LogP contribution in [0, 0.1) is 0 Å². The molecule has 1 aliphatic heterocycles. The fourth-order valence-electron chi connectivity index (χ4n) is 3.50. The Hall–Kier alpha value is -3.53. The van der Waals surface area contributed by atoms with Crippen LogP contribution in [0.2, 0.25) is 0 Å². The molecule has 9 heteroatoms. The van der Waals surface area contributed by atoms with E-state index in [0.29, 0.717) is 5.56 Å². The van der Waals surface area contributed by atoms with E-state index in [1.807, 2.05) is 0 Å². The number of ether oxygens (including phenoxy) is 4. The molecule has 0 saturated carbocycles. The monoisotopic (exact) mass is 540 g/mol. The van der Waals surface area contributed by atoms with Gasteiger partial charge in [-0.2, -0.15) is 0 Å². The lowest BCUT2D eigenvalue weighted by molar-refractivity contribution is -0.235. The Kier molecular flexibility index (Phi) is 8.25. The van der Waals surface area contributed by atoms with Crippen molar-refractivity contribution in [3.05, 3.63) is 108 Å². The summed E-state index contributed by atoms with van der Waals surface area (Å²) in [6, 6.07) is 24.9. The van der Waals surface area contributed by atoms with Gasteiger partial charge < -0.3 is 18.9 Å². The molecule has 1 saturated heterocycles. The predicted octanol–water partition coefficient (Wildman–Crippen LogP) is 4.35. The lowest BCUT2D eigenvalue weighted by Gasteiger charge is -2.39. The van der Waals surface area contributed by atoms with Gasteiger partial charge in [0.2, 0.25) is 6.29 Å². The number of hydrogen-bond donors (Lipinski definition) is 0. The van der Waals surface area contributed by atoms with Crippen LogP contribution in [0.25, 0.3) is 0 Å². The third-order valence-electron chi connectivity index (χ3n) is 5.24. The second-order valence-corrected chi connectivity index (χ2v) is 7.95. The van der Waals surface area contributed by atoms with E-state index < -0.39 is 42.5 Å². The zero-order valence-corrected chi connectivity index (χ0v) is 19.9. The quantitative estimate of drug-likeness (QED) is 0.322. The molecule has 0 aliphatic carbocycles. The number of carbonyl (C=O) groups is 3. The summed E-state index contributed by atoms with van der Waals surface area (Å²) in [5.41, 5.74) is 0.853. The maximum Gasteiger partial charge on any atom is 0.338 e. The highest BCUT2D eigenvalue weighted by molar-refractivity contribution is 9.06. The smallest absolute Gasteiger partial charge is 0.338 e. The second kappa shape index (κ2) is 11.7. The summed E-state index contributed by atoms with van der Waals surface area (Å²) in [5, 5.41) is 0. The molecule has 0 N–H and O–H groups in total. The molecule has 4 rings (SSSR count). The number of halogens is 1. The molecule has 1 aliphatic rings. The van der Waals surface area contributed by atoms with Gasteiger partial charge in [-0.05, 0) is 36.4 Å². The van der Waals surface area contributed by atoms with Crippen LogP contribution in [0.3, 0.4) is 0 Å². The fourth-order valence-corrected chi connectivity index (χ4v) is 3.82. The van der Waals surface area contributed by atoms with Gasteiger partial charge >= 0.3 is 17.9 Å². The summed E-state index contributed by atoms with van der Waals surface area (Å²) in [6.07, 6.45) is -4.69. The highest BCUT2D eigenvalue weighted by Gasteiger charge is 2.48. The van der Waals surface area contributed by atoms with Gasteiger partial charge in [0.15, 0.2) is 18.3 Å². The van der Waals surface area contributed by atoms with E-state index in [1.165, 1.54) is 0 Å². The Labute approximate surface area is 210 Å². The first-order chi connectivity index (χ1) is 17.1. The maximum absolute atomic E-state index is 12.9. The van der Waals surface area contributed by atoms with Gasteiger partial charge in [0.25, 0.3) is 0 Å². The molecule has 180 valence electrons. The van der Waals surface area contributed by atoms with Crippen molar-refractivity contribution in [3.8, 4) is 0 Å². The van der Waals surface area contributed by atoms with Crippen molar-refractivity contribution in [2.24, 2.45) is 0 Å². The molecule has 8 nitrogen and oxygen atoms in total. The van der Waals surface area contributed by atoms with Crippen molar-refractivity contribution >= 4 is 34.2 Å². The maximum atomic E-state index is 12.9. The van der Waals surface area contributed by atoms with Gasteiger partial charge in [-0.15, -0.1) is 0 Å². The molecule has 1 fully saturated rings. The van der Waals surface area contributed by atoms with Crippen LogP contribution in [0.15, 0.2) is 91.0 Å². The van der Waals surface area contributed by atoms with Gasteiger partial charge in [-0.3, -0.25) is 3.83 Å². The van der Waals surface area contributed by atoms with Crippen molar-refractivity contribution in [1.29, 1.82) is 0 Å². The highest BCUT2D eigenvalue weighted by atomic mass is 79.9. The molecule has 35 heavy (non-hydrogen) atoms. The van der Waals surface area contributed by atoms with Crippen LogP contribution < -0.4 is 0 Å². The minimum Gasteiger partial charge on any atom is -0.452 e. The SMILES string of the molecule is O=C(O[C@H]1[C@@H](OC(=O)c2ccccc2)COC(OBr)[C@@H]1OC(=O)c1ccccc1)c1ccccc1. The molecule has 0 amide bonds. The zero-order valence-electron chi connectivity index (χ0n) is 18.3. The second-order valence-electron chi connectivity index (χ2n) is 7.57. The Morgan fingerprint density at radius 2 is 1.03 bits per heavy atom. The average Bonchev–Trinajstić information content (AvgIpc) is 2.91. The van der Waals surface area contributed by atoms with Gasteiger partial charge in [0, 0.05) is 0 Å². The highest BCUT2D eigenvalue weighted by Crippen LogP contribution is 2.28. The lowest BCUT2D eigenvalue weighted by Crippen LogP contribution is -2.57. The first-order valence-electron chi connectivity index (χ1n) is 10.7. The summed E-state index contributed by atoms with van der Waals surface area (Å²) >= 11 is 2.88. The molecule has 0 bridgehead atoms. The molecule has 1 heterocycles. The van der Waals surface area contributed by atoms with Crippen molar-refractivity contribution in [2.45, 2.75) is 24.6 Å². The summed E-state index contributed by atoms with van der Waals surface area (Å²) in [6.45, 7) is -0.166. The third kappa shape index (κ3) is 6.13. The standard InChI is InChI=1S/C26H21BrO8/c27-35-26-22(34-25(30)19-14-8-3-9-15-19)21(33-24(29)18-12-6-2-7-13-18)20(16-31-26)32-23(28)17-10-4-1-5-11-17/h1-15,20-22,26H,16H2/t20-,21-,22+,26?/m0/s1. The molecule has 3 aromatic rings. The Morgan fingerprint density at radius 3 is 1.46 bits per heavy atom. The number of benzene rings is 3. The summed E-state index contributed by atoms with van der Waals surface area (Å²) in [5.74, 6) is -2.02. The number of hydrogen-bond acceptors (Lipinski definition) is 8. The molecule has 0 aromatic heterocycles. The molecule has 1 unspecified atom stereocenters. The van der Waals surface area contributed by atoms with Crippen molar-refractivity contribution in [3.63, 3.8) is 0 Å². The van der Waals surface area contributed by atoms with Crippen LogP contribution in [-0.4, -0.2) is 49.1 Å². The van der Waals surface area contributed by atoms with E-state index in [-0.39, 0.29) is 17.7 Å². The van der Waals surface area contributed by atoms with Gasteiger partial charge in [-0.25, -0.2) is 14.4 Å². The molecular weight excluding hydrogens is 520 g/mol. The van der Waals surface area contributed by atoms with E-state index >= 15 is 0 Å². The van der Waals surface area contributed by atoms with Crippen LogP contribution in [0.4, 0.5) is 0 Å². The summed E-state index contributed by atoms with van der Waals surface area (Å²) < 4.78 is 27.8. The third-order valence-corrected chi connectivity index (χ3v) is 5.61. The molecule has 3 aromatic carbocycles. The predicted molar refractivity (Wildman–Crippen MR) is 127 cm³/mol. The van der Waals surface area contributed by atoms with Crippen LogP contribution in [0.1, 0.15) is 31.1 Å². The average molecular weight is 541 g/mol. The topological polar surface area (TPSA) is 97.4 Å². The molecule has 0 spiro atoms. The molecular formula is C26H21BrO8. The number of esters is 3. The van der Waals surface area contributed by atoms with E-state index in [9.17, 15) is 14.4 Å². The molecule has 0 radical (unpaired) electrons. The minimum atomic E-state index is -1.25. The Bertz CT molecular complexity index is 1140. The number of carbonyl (C=O) groups excluding carboxylic acids is 3. The van der Waals surface area contributed by atoms with E-state index in [2.05, 4.69) is 16.3 Å². The minimum absolute atomic E-state index is 0.166. The van der Waals surface area contributed by atoms with E-state index in [4.69, 9.17) is 22.8 Å². The summed E-state index contributed by atoms with van der Waals surface area (Å²) in [4.78, 5) is 38.5.